The van der Waals surface area contributed by atoms with E-state index in [0.717, 1.165) is 47.5 Å². The second-order valence-corrected chi connectivity index (χ2v) is 8.71. The van der Waals surface area contributed by atoms with Crippen molar-refractivity contribution in [3.05, 3.63) is 48.2 Å². The summed E-state index contributed by atoms with van der Waals surface area (Å²) >= 11 is 0. The molecule has 0 atom stereocenters. The number of piperidine rings is 1. The highest BCUT2D eigenvalue weighted by atomic mass is 15.3. The Balaban J connectivity index is 1.25. The van der Waals surface area contributed by atoms with Gasteiger partial charge in [0.05, 0.1) is 34.3 Å². The number of hydrogen-bond donors (Lipinski definition) is 1. The van der Waals surface area contributed by atoms with Gasteiger partial charge in [0, 0.05) is 31.1 Å². The highest BCUT2D eigenvalue weighted by molar-refractivity contribution is 5.92. The maximum atomic E-state index is 5.89. The van der Waals surface area contributed by atoms with Crippen molar-refractivity contribution in [1.82, 2.24) is 14.9 Å². The van der Waals surface area contributed by atoms with E-state index in [1.165, 1.54) is 43.6 Å². The molecule has 2 fully saturated rings. The number of fused-ring (bicyclic) bond motifs is 2. The lowest BCUT2D eigenvalue weighted by Crippen LogP contribution is -2.60. The van der Waals surface area contributed by atoms with E-state index >= 15 is 0 Å². The van der Waals surface area contributed by atoms with Crippen molar-refractivity contribution in [2.75, 3.05) is 31.1 Å². The normalized spacial score (nSPS) is 19.6. The van der Waals surface area contributed by atoms with Gasteiger partial charge in [-0.05, 0) is 55.8 Å². The van der Waals surface area contributed by atoms with Gasteiger partial charge in [-0.25, -0.2) is 9.98 Å². The summed E-state index contributed by atoms with van der Waals surface area (Å²) in [6.45, 7) is 4.71. The molecule has 6 rings (SSSR count). The minimum Gasteiger partial charge on any atom is -0.387 e. The number of rotatable bonds is 3. The Morgan fingerprint density at radius 2 is 1.80 bits per heavy atom. The van der Waals surface area contributed by atoms with Gasteiger partial charge < -0.3 is 10.6 Å². The molecule has 0 amide bonds. The third kappa shape index (κ3) is 3.12. The summed E-state index contributed by atoms with van der Waals surface area (Å²) in [5.41, 5.74) is 13.1. The Morgan fingerprint density at radius 3 is 2.67 bits per heavy atom. The van der Waals surface area contributed by atoms with Crippen molar-refractivity contribution in [3.8, 4) is 11.3 Å². The number of nitrogens with zero attached hydrogens (tertiary/aromatic N) is 5. The topological polar surface area (TPSA) is 70.6 Å². The van der Waals surface area contributed by atoms with Crippen LogP contribution in [0.15, 0.2) is 47.6 Å². The van der Waals surface area contributed by atoms with Crippen LogP contribution in [0.2, 0.25) is 0 Å². The maximum absolute atomic E-state index is 5.89. The molecule has 3 aliphatic rings. The van der Waals surface area contributed by atoms with Gasteiger partial charge in [0.25, 0.3) is 0 Å². The molecule has 0 saturated carbocycles. The molecule has 3 aliphatic heterocycles. The third-order valence-corrected chi connectivity index (χ3v) is 6.67. The fraction of sp³-hybridized carbons (Fsp3) is 0.375. The van der Waals surface area contributed by atoms with Crippen molar-refractivity contribution in [3.63, 3.8) is 0 Å². The van der Waals surface area contributed by atoms with E-state index in [4.69, 9.17) is 10.7 Å². The van der Waals surface area contributed by atoms with E-state index in [2.05, 4.69) is 50.1 Å². The first-order valence-electron chi connectivity index (χ1n) is 10.9. The summed E-state index contributed by atoms with van der Waals surface area (Å²) in [6, 6.07) is 13.3. The fourth-order valence-corrected chi connectivity index (χ4v) is 4.88. The molecule has 6 heteroatoms. The van der Waals surface area contributed by atoms with Crippen LogP contribution in [0.25, 0.3) is 22.3 Å². The molecular weight excluding hydrogens is 372 g/mol. The van der Waals surface area contributed by atoms with Gasteiger partial charge in [-0.15, -0.1) is 0 Å². The van der Waals surface area contributed by atoms with Crippen molar-refractivity contribution in [2.24, 2.45) is 10.7 Å². The van der Waals surface area contributed by atoms with Crippen molar-refractivity contribution < 1.29 is 0 Å². The molecule has 0 radical (unpaired) electrons. The Hall–Kier alpha value is -2.99. The van der Waals surface area contributed by atoms with Crippen LogP contribution in [0, 0.1) is 0 Å². The van der Waals surface area contributed by atoms with Crippen molar-refractivity contribution >= 4 is 28.2 Å². The van der Waals surface area contributed by atoms with Crippen LogP contribution < -0.4 is 10.6 Å². The Kier molecular flexibility index (Phi) is 4.20. The molecule has 5 heterocycles. The Bertz CT molecular complexity index is 1140. The molecule has 0 unspecified atom stereocenters. The average molecular weight is 399 g/mol. The zero-order valence-corrected chi connectivity index (χ0v) is 17.1. The van der Waals surface area contributed by atoms with E-state index in [0.29, 0.717) is 11.9 Å². The quantitative estimate of drug-likeness (QED) is 0.731. The van der Waals surface area contributed by atoms with Crippen molar-refractivity contribution in [2.45, 2.75) is 31.7 Å². The number of benzene rings is 1. The molecule has 0 aliphatic carbocycles. The number of nitrogens with two attached hydrogens (primary N) is 1. The molecule has 2 saturated heterocycles. The molecule has 0 spiro atoms. The van der Waals surface area contributed by atoms with Gasteiger partial charge in [0.15, 0.2) is 0 Å². The number of aromatic nitrogens is 2. The van der Waals surface area contributed by atoms with Gasteiger partial charge in [0.2, 0.25) is 0 Å². The molecule has 152 valence electrons. The molecule has 0 bridgehead atoms. The molecule has 30 heavy (non-hydrogen) atoms. The lowest BCUT2D eigenvalue weighted by atomic mass is 10.0. The third-order valence-electron chi connectivity index (χ3n) is 6.67. The van der Waals surface area contributed by atoms with Crippen LogP contribution in [0.1, 0.15) is 24.8 Å². The van der Waals surface area contributed by atoms with E-state index in [9.17, 15) is 0 Å². The predicted molar refractivity (Wildman–Crippen MR) is 121 cm³/mol. The van der Waals surface area contributed by atoms with Gasteiger partial charge in [0.1, 0.15) is 5.84 Å². The van der Waals surface area contributed by atoms with E-state index in [-0.39, 0.29) is 0 Å². The smallest absolute Gasteiger partial charge is 0.104 e. The summed E-state index contributed by atoms with van der Waals surface area (Å²) in [5, 5.41) is 0. The molecular formula is C24H26N6. The molecule has 3 aromatic rings. The van der Waals surface area contributed by atoms with E-state index in [1.54, 1.807) is 0 Å². The van der Waals surface area contributed by atoms with Crippen LogP contribution >= 0.6 is 0 Å². The SMILES string of the molecule is NC1=Nc2cc(-c3ccc4ncc(N5CC(N6CCCCC6)C5)cc4n3)ccc2C1. The highest BCUT2D eigenvalue weighted by Crippen LogP contribution is 2.32. The van der Waals surface area contributed by atoms with E-state index in [1.807, 2.05) is 12.3 Å². The number of amidine groups is 1. The summed E-state index contributed by atoms with van der Waals surface area (Å²) in [4.78, 5) is 19.1. The average Bonchev–Trinajstić information content (AvgIpc) is 3.12. The van der Waals surface area contributed by atoms with Crippen LogP contribution in [0.3, 0.4) is 0 Å². The largest absolute Gasteiger partial charge is 0.387 e. The first-order chi connectivity index (χ1) is 14.7. The lowest BCUT2D eigenvalue weighted by Gasteiger charge is -2.47. The number of aliphatic imine (C=N–C) groups is 1. The van der Waals surface area contributed by atoms with Crippen molar-refractivity contribution in [1.29, 1.82) is 0 Å². The van der Waals surface area contributed by atoms with Gasteiger partial charge in [-0.1, -0.05) is 18.6 Å². The minimum atomic E-state index is 0.680. The molecule has 2 aromatic heterocycles. The maximum Gasteiger partial charge on any atom is 0.104 e. The second kappa shape index (κ2) is 7.06. The summed E-state index contributed by atoms with van der Waals surface area (Å²) in [5.74, 6) is 0.680. The fourth-order valence-electron chi connectivity index (χ4n) is 4.88. The number of likely N-dealkylation sites (tertiary alicyclic amines) is 1. The Labute approximate surface area is 176 Å². The Morgan fingerprint density at radius 1 is 0.933 bits per heavy atom. The zero-order chi connectivity index (χ0) is 20.1. The standard InChI is InChI=1S/C24H26N6/c25-24-11-17-5-4-16(10-22(17)28-24)20-6-7-21-23(27-20)12-18(13-26-21)30-14-19(15-30)29-8-2-1-3-9-29/h4-7,10,12-13,19H,1-3,8-9,11,14-15H2,(H2,25,28). The second-order valence-electron chi connectivity index (χ2n) is 8.71. The zero-order valence-electron chi connectivity index (χ0n) is 17.1. The number of pyridine rings is 2. The monoisotopic (exact) mass is 398 g/mol. The molecule has 1 aromatic carbocycles. The molecule has 6 nitrogen and oxygen atoms in total. The molecule has 2 N–H and O–H groups in total. The van der Waals surface area contributed by atoms with Gasteiger partial charge >= 0.3 is 0 Å². The van der Waals surface area contributed by atoms with E-state index < -0.39 is 0 Å². The van der Waals surface area contributed by atoms with Crippen LogP contribution in [0.4, 0.5) is 11.4 Å². The number of anilines is 1. The summed E-state index contributed by atoms with van der Waals surface area (Å²) in [7, 11) is 0. The van der Waals surface area contributed by atoms with Crippen LogP contribution in [-0.2, 0) is 6.42 Å². The van der Waals surface area contributed by atoms with Gasteiger partial charge in [-0.3, -0.25) is 9.88 Å². The van der Waals surface area contributed by atoms with Gasteiger partial charge in [-0.2, -0.15) is 0 Å². The minimum absolute atomic E-state index is 0.680. The first-order valence-corrected chi connectivity index (χ1v) is 10.9. The highest BCUT2D eigenvalue weighted by Gasteiger charge is 2.32. The predicted octanol–water partition coefficient (Wildman–Crippen LogP) is 3.52. The van der Waals surface area contributed by atoms with Crippen LogP contribution in [-0.4, -0.2) is 52.9 Å². The number of hydrogen-bond acceptors (Lipinski definition) is 6. The summed E-state index contributed by atoms with van der Waals surface area (Å²) < 4.78 is 0. The lowest BCUT2D eigenvalue weighted by molar-refractivity contribution is 0.139. The first kappa shape index (κ1) is 17.8. The van der Waals surface area contributed by atoms with Crippen LogP contribution in [0.5, 0.6) is 0 Å². The summed E-state index contributed by atoms with van der Waals surface area (Å²) in [6.07, 6.45) is 6.81.